The van der Waals surface area contributed by atoms with E-state index in [0.29, 0.717) is 18.1 Å². The van der Waals surface area contributed by atoms with Gasteiger partial charge in [-0.1, -0.05) is 18.2 Å². The Kier molecular flexibility index (Phi) is 8.64. The molecule has 0 atom stereocenters. The smallest absolute Gasteiger partial charge is 0.227 e. The fourth-order valence-electron chi connectivity index (χ4n) is 5.25. The number of hydrogen-bond acceptors (Lipinski definition) is 9. The summed E-state index contributed by atoms with van der Waals surface area (Å²) in [7, 11) is 1.75. The highest BCUT2D eigenvalue weighted by Gasteiger charge is 2.18. The fourth-order valence-corrected chi connectivity index (χ4v) is 5.25. The van der Waals surface area contributed by atoms with Crippen molar-refractivity contribution >= 4 is 17.3 Å². The molecule has 0 aliphatic carbocycles. The molecule has 10 heteroatoms. The summed E-state index contributed by atoms with van der Waals surface area (Å²) in [5, 5.41) is 17.8. The molecule has 0 radical (unpaired) electrons. The molecule has 1 aliphatic heterocycles. The molecule has 3 aromatic heterocycles. The summed E-state index contributed by atoms with van der Waals surface area (Å²) in [6.07, 6.45) is 7.24. The number of nitrogens with one attached hydrogen (secondary N) is 1. The number of nitriles is 1. The number of methoxy groups -OCH3 is 1. The van der Waals surface area contributed by atoms with Crippen LogP contribution in [0.25, 0.3) is 22.5 Å². The topological polar surface area (TPSA) is 108 Å². The number of pyridine rings is 1. The summed E-state index contributed by atoms with van der Waals surface area (Å²) < 4.78 is 7.06. The second-order valence-electron chi connectivity index (χ2n) is 10.4. The van der Waals surface area contributed by atoms with Gasteiger partial charge in [0.05, 0.1) is 30.5 Å². The predicted molar refractivity (Wildman–Crippen MR) is 167 cm³/mol. The number of benzene rings is 2. The van der Waals surface area contributed by atoms with Gasteiger partial charge in [-0.2, -0.15) is 10.4 Å². The zero-order valence-corrected chi connectivity index (χ0v) is 24.1. The van der Waals surface area contributed by atoms with E-state index in [1.807, 2.05) is 53.3 Å². The molecule has 216 valence electrons. The van der Waals surface area contributed by atoms with Gasteiger partial charge in [0, 0.05) is 87.1 Å². The molecule has 43 heavy (non-hydrogen) atoms. The van der Waals surface area contributed by atoms with E-state index in [2.05, 4.69) is 55.4 Å². The molecule has 0 bridgehead atoms. The summed E-state index contributed by atoms with van der Waals surface area (Å²) in [6.45, 7) is 6.27. The quantitative estimate of drug-likeness (QED) is 0.252. The van der Waals surface area contributed by atoms with Crippen molar-refractivity contribution in [3.63, 3.8) is 0 Å². The van der Waals surface area contributed by atoms with E-state index < -0.39 is 0 Å². The van der Waals surface area contributed by atoms with E-state index >= 15 is 0 Å². The van der Waals surface area contributed by atoms with Gasteiger partial charge in [0.25, 0.3) is 0 Å². The average Bonchev–Trinajstić information content (AvgIpc) is 3.49. The lowest BCUT2D eigenvalue weighted by atomic mass is 10.1. The first-order chi connectivity index (χ1) is 21.2. The molecule has 0 saturated carbocycles. The van der Waals surface area contributed by atoms with Crippen molar-refractivity contribution in [3.05, 3.63) is 103 Å². The number of anilines is 3. The van der Waals surface area contributed by atoms with Crippen molar-refractivity contribution in [1.29, 1.82) is 5.26 Å². The molecule has 4 heterocycles. The highest BCUT2D eigenvalue weighted by molar-refractivity contribution is 5.78. The first-order valence-corrected chi connectivity index (χ1v) is 14.3. The molecule has 1 saturated heterocycles. The number of rotatable bonds is 10. The summed E-state index contributed by atoms with van der Waals surface area (Å²) in [4.78, 5) is 18.5. The zero-order chi connectivity index (χ0) is 29.4. The highest BCUT2D eigenvalue weighted by Crippen LogP contribution is 2.31. The van der Waals surface area contributed by atoms with Crippen molar-refractivity contribution in [3.8, 4) is 28.6 Å². The van der Waals surface area contributed by atoms with E-state index in [4.69, 9.17) is 14.8 Å². The third-order valence-electron chi connectivity index (χ3n) is 7.57. The minimum absolute atomic E-state index is 0.460. The third-order valence-corrected chi connectivity index (χ3v) is 7.57. The summed E-state index contributed by atoms with van der Waals surface area (Å²) in [5.74, 6) is 0.497. The van der Waals surface area contributed by atoms with Gasteiger partial charge < -0.3 is 15.0 Å². The van der Waals surface area contributed by atoms with Crippen LogP contribution in [0.3, 0.4) is 0 Å². The zero-order valence-electron chi connectivity index (χ0n) is 24.1. The molecule has 1 aliphatic rings. The molecule has 0 spiro atoms. The Morgan fingerprint density at radius 1 is 0.953 bits per heavy atom. The predicted octanol–water partition coefficient (Wildman–Crippen LogP) is 4.83. The summed E-state index contributed by atoms with van der Waals surface area (Å²) >= 11 is 0. The number of piperazine rings is 1. The summed E-state index contributed by atoms with van der Waals surface area (Å²) in [5.41, 5.74) is 6.89. The lowest BCUT2D eigenvalue weighted by molar-refractivity contribution is 0.144. The Balaban J connectivity index is 1.21. The van der Waals surface area contributed by atoms with Crippen molar-refractivity contribution in [1.82, 2.24) is 29.6 Å². The van der Waals surface area contributed by atoms with E-state index in [-0.39, 0.29) is 0 Å². The maximum absolute atomic E-state index is 9.56. The van der Waals surface area contributed by atoms with Crippen LogP contribution in [0, 0.1) is 11.3 Å². The van der Waals surface area contributed by atoms with Crippen molar-refractivity contribution in [2.24, 2.45) is 0 Å². The van der Waals surface area contributed by atoms with Crippen LogP contribution in [0.4, 0.5) is 17.3 Å². The van der Waals surface area contributed by atoms with Crippen LogP contribution >= 0.6 is 0 Å². The van der Waals surface area contributed by atoms with Gasteiger partial charge in [-0.15, -0.1) is 0 Å². The van der Waals surface area contributed by atoms with E-state index in [9.17, 15) is 5.26 Å². The van der Waals surface area contributed by atoms with Crippen LogP contribution < -0.4 is 10.2 Å². The Morgan fingerprint density at radius 3 is 2.56 bits per heavy atom. The molecule has 6 rings (SSSR count). The van der Waals surface area contributed by atoms with Crippen LogP contribution in [-0.4, -0.2) is 76.1 Å². The molecule has 0 amide bonds. The van der Waals surface area contributed by atoms with Gasteiger partial charge in [-0.3, -0.25) is 14.6 Å². The standard InChI is InChI=1S/C33H33N9O/c1-43-20-19-40-15-17-41(18-16-40)29-10-8-28(9-11-29)37-33-36-14-12-31(38-33)30-24-42(23-27-6-3-2-5-25(27)21-34)39-32(30)26-7-4-13-35-22-26/h2-14,22,24H,15-20,23H2,1H3,(H,36,37,38). The maximum Gasteiger partial charge on any atom is 0.227 e. The van der Waals surface area contributed by atoms with Crippen LogP contribution in [-0.2, 0) is 11.3 Å². The van der Waals surface area contributed by atoms with Crippen molar-refractivity contribution < 1.29 is 4.74 Å². The van der Waals surface area contributed by atoms with Gasteiger partial charge in [-0.25, -0.2) is 9.97 Å². The van der Waals surface area contributed by atoms with Crippen LogP contribution in [0.5, 0.6) is 0 Å². The SMILES string of the molecule is COCCN1CCN(c2ccc(Nc3nccc(-c4cn(Cc5ccccc5C#N)nc4-c4cccnc4)n3)cc2)CC1. The number of aromatic nitrogens is 5. The van der Waals surface area contributed by atoms with Gasteiger partial charge in [0.1, 0.15) is 5.69 Å². The molecule has 1 fully saturated rings. The second-order valence-corrected chi connectivity index (χ2v) is 10.4. The second kappa shape index (κ2) is 13.2. The minimum atomic E-state index is 0.460. The lowest BCUT2D eigenvalue weighted by Gasteiger charge is -2.36. The number of ether oxygens (including phenoxy) is 1. The Hall–Kier alpha value is -5.11. The largest absolute Gasteiger partial charge is 0.383 e. The van der Waals surface area contributed by atoms with Crippen LogP contribution in [0.1, 0.15) is 11.1 Å². The lowest BCUT2D eigenvalue weighted by Crippen LogP contribution is -2.47. The average molecular weight is 572 g/mol. The monoisotopic (exact) mass is 571 g/mol. The molecule has 5 aromatic rings. The minimum Gasteiger partial charge on any atom is -0.383 e. The van der Waals surface area contributed by atoms with E-state index in [1.165, 1.54) is 5.69 Å². The highest BCUT2D eigenvalue weighted by atomic mass is 16.5. The van der Waals surface area contributed by atoms with Gasteiger partial charge in [-0.05, 0) is 54.1 Å². The molecular formula is C33H33N9O. The molecule has 10 nitrogen and oxygen atoms in total. The van der Waals surface area contributed by atoms with Gasteiger partial charge in [0.15, 0.2) is 0 Å². The van der Waals surface area contributed by atoms with Crippen molar-refractivity contribution in [2.45, 2.75) is 6.54 Å². The Bertz CT molecular complexity index is 1690. The molecule has 0 unspecified atom stereocenters. The summed E-state index contributed by atoms with van der Waals surface area (Å²) in [6, 6.07) is 24.0. The molecule has 1 N–H and O–H groups in total. The fraction of sp³-hybridized carbons (Fsp3) is 0.242. The number of hydrogen-bond donors (Lipinski definition) is 1. The first kappa shape index (κ1) is 28.0. The van der Waals surface area contributed by atoms with Gasteiger partial charge in [0.2, 0.25) is 5.95 Å². The molecular weight excluding hydrogens is 538 g/mol. The van der Waals surface area contributed by atoms with E-state index in [0.717, 1.165) is 73.1 Å². The molecule has 2 aromatic carbocycles. The normalized spacial score (nSPS) is 13.5. The van der Waals surface area contributed by atoms with Crippen molar-refractivity contribution in [2.75, 3.05) is 56.7 Å². The third kappa shape index (κ3) is 6.70. The Morgan fingerprint density at radius 2 is 1.79 bits per heavy atom. The van der Waals surface area contributed by atoms with Gasteiger partial charge >= 0.3 is 0 Å². The van der Waals surface area contributed by atoms with E-state index in [1.54, 1.807) is 25.7 Å². The first-order valence-electron chi connectivity index (χ1n) is 14.3. The van der Waals surface area contributed by atoms with Crippen LogP contribution in [0.15, 0.2) is 91.5 Å². The van der Waals surface area contributed by atoms with Crippen LogP contribution in [0.2, 0.25) is 0 Å². The Labute approximate surface area is 251 Å². The maximum atomic E-state index is 9.56. The number of nitrogens with zero attached hydrogens (tertiary/aromatic N) is 8.